The van der Waals surface area contributed by atoms with Gasteiger partial charge in [0.15, 0.2) is 0 Å². The normalized spacial score (nSPS) is 12.5. The highest BCUT2D eigenvalue weighted by atomic mass is 79.9. The zero-order valence-corrected chi connectivity index (χ0v) is 13.1. The highest BCUT2D eigenvalue weighted by molar-refractivity contribution is 9.10. The molecule has 0 spiro atoms. The van der Waals surface area contributed by atoms with Crippen molar-refractivity contribution in [2.75, 3.05) is 0 Å². The van der Waals surface area contributed by atoms with Crippen molar-refractivity contribution in [2.45, 2.75) is 45.4 Å². The van der Waals surface area contributed by atoms with Gasteiger partial charge >= 0.3 is 0 Å². The number of nitro groups is 1. The van der Waals surface area contributed by atoms with Crippen molar-refractivity contribution in [3.8, 4) is 0 Å². The van der Waals surface area contributed by atoms with Gasteiger partial charge in [0.25, 0.3) is 5.69 Å². The zero-order valence-electron chi connectivity index (χ0n) is 11.5. The topological polar surface area (TPSA) is 75.4 Å². The standard InChI is InChI=1S/C13H19BrN2O3/c1-12(2,13(3,4)17)15-8-9-6-5-7-10(11(9)14)16(18)19/h5-7,15,17H,8H2,1-4H3. The van der Waals surface area contributed by atoms with E-state index in [-0.39, 0.29) is 5.69 Å². The minimum absolute atomic E-state index is 0.0420. The van der Waals surface area contributed by atoms with Gasteiger partial charge in [0, 0.05) is 18.2 Å². The molecule has 6 heteroatoms. The van der Waals surface area contributed by atoms with E-state index in [1.165, 1.54) is 6.07 Å². The smallest absolute Gasteiger partial charge is 0.283 e. The summed E-state index contributed by atoms with van der Waals surface area (Å²) in [6.45, 7) is 7.65. The molecule has 1 rings (SSSR count). The summed E-state index contributed by atoms with van der Waals surface area (Å²) in [5.74, 6) is 0. The molecule has 0 aliphatic carbocycles. The molecule has 1 aromatic rings. The van der Waals surface area contributed by atoms with E-state index in [1.54, 1.807) is 19.9 Å². The van der Waals surface area contributed by atoms with Crippen LogP contribution in [0.4, 0.5) is 5.69 Å². The highest BCUT2D eigenvalue weighted by Crippen LogP contribution is 2.29. The first-order valence-electron chi connectivity index (χ1n) is 5.95. The highest BCUT2D eigenvalue weighted by Gasteiger charge is 2.34. The molecule has 2 N–H and O–H groups in total. The zero-order chi connectivity index (χ0) is 14.8. The van der Waals surface area contributed by atoms with Crippen LogP contribution in [0.1, 0.15) is 33.3 Å². The predicted octanol–water partition coefficient (Wildman–Crippen LogP) is 3.00. The fourth-order valence-electron chi connectivity index (χ4n) is 1.38. The van der Waals surface area contributed by atoms with Crippen LogP contribution in [-0.2, 0) is 6.54 Å². The summed E-state index contributed by atoms with van der Waals surface area (Å²) in [5.41, 5.74) is -0.594. The molecule has 0 aromatic heterocycles. The number of benzene rings is 1. The van der Waals surface area contributed by atoms with Crippen LogP contribution in [0.15, 0.2) is 22.7 Å². The Morgan fingerprint density at radius 2 is 1.95 bits per heavy atom. The van der Waals surface area contributed by atoms with E-state index in [2.05, 4.69) is 21.2 Å². The van der Waals surface area contributed by atoms with Gasteiger partial charge in [-0.25, -0.2) is 0 Å². The first kappa shape index (κ1) is 16.1. The fraction of sp³-hybridized carbons (Fsp3) is 0.538. The number of rotatable bonds is 5. The van der Waals surface area contributed by atoms with Crippen molar-refractivity contribution >= 4 is 21.6 Å². The van der Waals surface area contributed by atoms with Crippen molar-refractivity contribution in [1.29, 1.82) is 0 Å². The second kappa shape index (κ2) is 5.56. The minimum atomic E-state index is -0.903. The molecule has 0 heterocycles. The van der Waals surface area contributed by atoms with Crippen LogP contribution in [0.25, 0.3) is 0 Å². The lowest BCUT2D eigenvalue weighted by atomic mass is 9.86. The molecular formula is C13H19BrN2O3. The Balaban J connectivity index is 2.91. The van der Waals surface area contributed by atoms with E-state index < -0.39 is 16.1 Å². The molecule has 0 fully saturated rings. The maximum absolute atomic E-state index is 10.8. The Morgan fingerprint density at radius 3 is 2.42 bits per heavy atom. The molecule has 0 saturated heterocycles. The number of halogens is 1. The van der Waals surface area contributed by atoms with Crippen molar-refractivity contribution < 1.29 is 10.0 Å². The van der Waals surface area contributed by atoms with E-state index in [9.17, 15) is 15.2 Å². The Labute approximate surface area is 121 Å². The molecule has 106 valence electrons. The monoisotopic (exact) mass is 330 g/mol. The second-order valence-corrected chi connectivity index (χ2v) is 6.34. The average molecular weight is 331 g/mol. The number of nitrogens with one attached hydrogen (secondary N) is 1. The third-order valence-corrected chi connectivity index (χ3v) is 4.42. The SMILES string of the molecule is CC(C)(O)C(C)(C)NCc1cccc([N+](=O)[O-])c1Br. The van der Waals surface area contributed by atoms with E-state index in [0.29, 0.717) is 11.0 Å². The largest absolute Gasteiger partial charge is 0.389 e. The summed E-state index contributed by atoms with van der Waals surface area (Å²) in [4.78, 5) is 10.4. The lowest BCUT2D eigenvalue weighted by Crippen LogP contribution is -2.55. The Hall–Kier alpha value is -0.980. The number of nitro benzene ring substituents is 1. The predicted molar refractivity (Wildman–Crippen MR) is 78.0 cm³/mol. The number of nitrogens with zero attached hydrogens (tertiary/aromatic N) is 1. The Bertz CT molecular complexity index is 481. The Kier molecular flexibility index (Phi) is 4.71. The number of aliphatic hydroxyl groups is 1. The van der Waals surface area contributed by atoms with Crippen molar-refractivity contribution in [3.05, 3.63) is 38.3 Å². The van der Waals surface area contributed by atoms with Gasteiger partial charge < -0.3 is 10.4 Å². The van der Waals surface area contributed by atoms with Gasteiger partial charge in [-0.15, -0.1) is 0 Å². The second-order valence-electron chi connectivity index (χ2n) is 5.54. The van der Waals surface area contributed by atoms with Crippen molar-refractivity contribution in [2.24, 2.45) is 0 Å². The van der Waals surface area contributed by atoms with Gasteiger partial charge in [-0.05, 0) is 49.2 Å². The first-order chi connectivity index (χ1) is 8.56. The molecule has 19 heavy (non-hydrogen) atoms. The molecule has 5 nitrogen and oxygen atoms in total. The number of hydrogen-bond acceptors (Lipinski definition) is 4. The summed E-state index contributed by atoms with van der Waals surface area (Å²) in [5, 5.41) is 24.1. The van der Waals surface area contributed by atoms with Crippen LogP contribution >= 0.6 is 15.9 Å². The molecule has 0 atom stereocenters. The minimum Gasteiger partial charge on any atom is -0.389 e. The molecule has 0 aliphatic heterocycles. The van der Waals surface area contributed by atoms with Gasteiger partial charge in [-0.2, -0.15) is 0 Å². The molecule has 0 unspecified atom stereocenters. The van der Waals surface area contributed by atoms with Gasteiger partial charge in [-0.1, -0.05) is 12.1 Å². The number of hydrogen-bond donors (Lipinski definition) is 2. The van der Waals surface area contributed by atoms with Crippen molar-refractivity contribution in [3.63, 3.8) is 0 Å². The van der Waals surface area contributed by atoms with E-state index in [0.717, 1.165) is 5.56 Å². The molecule has 0 aliphatic rings. The summed E-state index contributed by atoms with van der Waals surface area (Å²) >= 11 is 3.26. The van der Waals surface area contributed by atoms with E-state index >= 15 is 0 Å². The molecule has 1 aromatic carbocycles. The molecule has 0 amide bonds. The molecule has 0 saturated carbocycles. The molecule has 0 radical (unpaired) electrons. The third-order valence-electron chi connectivity index (χ3n) is 3.51. The lowest BCUT2D eigenvalue weighted by Gasteiger charge is -2.38. The summed E-state index contributed by atoms with van der Waals surface area (Å²) < 4.78 is 0.471. The summed E-state index contributed by atoms with van der Waals surface area (Å²) in [6.07, 6.45) is 0. The van der Waals surface area contributed by atoms with Crippen LogP contribution in [0, 0.1) is 10.1 Å². The lowest BCUT2D eigenvalue weighted by molar-refractivity contribution is -0.385. The van der Waals surface area contributed by atoms with Gasteiger partial charge in [0.1, 0.15) is 0 Å². The molecule has 0 bridgehead atoms. The maximum Gasteiger partial charge on any atom is 0.283 e. The average Bonchev–Trinajstić information content (AvgIpc) is 2.25. The Morgan fingerprint density at radius 1 is 1.37 bits per heavy atom. The van der Waals surface area contributed by atoms with Crippen LogP contribution in [-0.4, -0.2) is 21.2 Å². The van der Waals surface area contributed by atoms with Crippen LogP contribution in [0.3, 0.4) is 0 Å². The van der Waals surface area contributed by atoms with E-state index in [1.807, 2.05) is 19.9 Å². The van der Waals surface area contributed by atoms with Crippen molar-refractivity contribution in [1.82, 2.24) is 5.32 Å². The third kappa shape index (κ3) is 3.75. The van der Waals surface area contributed by atoms with Crippen LogP contribution in [0.2, 0.25) is 0 Å². The molecular weight excluding hydrogens is 312 g/mol. The van der Waals surface area contributed by atoms with Crippen LogP contribution < -0.4 is 5.32 Å². The first-order valence-corrected chi connectivity index (χ1v) is 6.75. The van der Waals surface area contributed by atoms with Crippen LogP contribution in [0.5, 0.6) is 0 Å². The fourth-order valence-corrected chi connectivity index (χ4v) is 1.93. The summed E-state index contributed by atoms with van der Waals surface area (Å²) in [6, 6.07) is 4.91. The van der Waals surface area contributed by atoms with E-state index in [4.69, 9.17) is 0 Å². The van der Waals surface area contributed by atoms with Gasteiger partial charge in [0.2, 0.25) is 0 Å². The maximum atomic E-state index is 10.8. The van der Waals surface area contributed by atoms with Gasteiger partial charge in [0.05, 0.1) is 15.0 Å². The quantitative estimate of drug-likeness (QED) is 0.642. The summed E-state index contributed by atoms with van der Waals surface area (Å²) in [7, 11) is 0. The van der Waals surface area contributed by atoms with Gasteiger partial charge in [-0.3, -0.25) is 10.1 Å².